The summed E-state index contributed by atoms with van der Waals surface area (Å²) >= 11 is 1.69. The molecule has 6 heteroatoms. The number of methoxy groups -OCH3 is 1. The fourth-order valence-electron chi connectivity index (χ4n) is 2.39. The number of fused-ring (bicyclic) bond motifs is 1. The van der Waals surface area contributed by atoms with E-state index in [-0.39, 0.29) is 0 Å². The van der Waals surface area contributed by atoms with Gasteiger partial charge in [-0.25, -0.2) is 9.78 Å². The van der Waals surface area contributed by atoms with Crippen molar-refractivity contribution in [2.45, 2.75) is 20.8 Å². The summed E-state index contributed by atoms with van der Waals surface area (Å²) in [5, 5.41) is 4.50. The van der Waals surface area contributed by atoms with E-state index in [9.17, 15) is 4.79 Å². The molecule has 3 rings (SSSR count). The molecule has 5 nitrogen and oxygen atoms in total. The first-order chi connectivity index (χ1) is 10.0. The fourth-order valence-corrected chi connectivity index (χ4v) is 3.32. The van der Waals surface area contributed by atoms with Gasteiger partial charge in [-0.1, -0.05) is 5.16 Å². The smallest absolute Gasteiger partial charge is 0.338 e. The molecular weight excluding hydrogens is 288 g/mol. The fraction of sp³-hybridized carbons (Fsp3) is 0.267. The third kappa shape index (κ3) is 2.21. The Morgan fingerprint density at radius 2 is 2.05 bits per heavy atom. The maximum absolute atomic E-state index is 12.0. The molecule has 0 aliphatic rings. The number of aromatic nitrogens is 2. The van der Waals surface area contributed by atoms with Gasteiger partial charge < -0.3 is 9.26 Å². The van der Waals surface area contributed by atoms with Crippen LogP contribution in [0.25, 0.3) is 22.4 Å². The number of carbonyl (C=O) groups excluding carboxylic acids is 1. The lowest BCUT2D eigenvalue weighted by molar-refractivity contribution is 0.0603. The maximum Gasteiger partial charge on any atom is 0.338 e. The molecule has 0 fully saturated rings. The van der Waals surface area contributed by atoms with Gasteiger partial charge in [-0.3, -0.25) is 0 Å². The predicted octanol–water partition coefficient (Wildman–Crippen LogP) is 3.66. The van der Waals surface area contributed by atoms with E-state index in [4.69, 9.17) is 9.26 Å². The molecular formula is C15H14N2O3S. The van der Waals surface area contributed by atoms with Gasteiger partial charge in [0.25, 0.3) is 5.71 Å². The lowest BCUT2D eigenvalue weighted by atomic mass is 10.1. The molecule has 3 heterocycles. The van der Waals surface area contributed by atoms with Crippen LogP contribution in [0, 0.1) is 20.8 Å². The van der Waals surface area contributed by atoms with E-state index in [2.05, 4.69) is 16.2 Å². The zero-order valence-corrected chi connectivity index (χ0v) is 13.0. The number of esters is 1. The summed E-state index contributed by atoms with van der Waals surface area (Å²) in [5.74, 6) is -0.417. The Kier molecular flexibility index (Phi) is 3.25. The van der Waals surface area contributed by atoms with E-state index in [1.807, 2.05) is 13.8 Å². The van der Waals surface area contributed by atoms with Crippen molar-refractivity contribution in [2.75, 3.05) is 7.11 Å². The molecule has 0 N–H and O–H groups in total. The minimum atomic E-state index is -0.417. The van der Waals surface area contributed by atoms with Crippen LogP contribution in [-0.2, 0) is 4.74 Å². The highest BCUT2D eigenvalue weighted by Gasteiger charge is 2.20. The Labute approximate surface area is 125 Å². The third-order valence-electron chi connectivity index (χ3n) is 3.34. The Balaban J connectivity index is 2.31. The van der Waals surface area contributed by atoms with Crippen LogP contribution in [0.3, 0.4) is 0 Å². The number of rotatable bonds is 2. The van der Waals surface area contributed by atoms with Crippen LogP contribution in [0.1, 0.15) is 25.8 Å². The van der Waals surface area contributed by atoms with E-state index in [1.54, 1.807) is 24.3 Å². The minimum absolute atomic E-state index is 0.355. The Bertz CT molecular complexity index is 848. The topological polar surface area (TPSA) is 65.2 Å². The van der Waals surface area contributed by atoms with Crippen LogP contribution in [0.5, 0.6) is 0 Å². The van der Waals surface area contributed by atoms with E-state index in [0.717, 1.165) is 10.4 Å². The first kappa shape index (κ1) is 13.8. The molecule has 0 saturated carbocycles. The van der Waals surface area contributed by atoms with Crippen molar-refractivity contribution in [1.82, 2.24) is 10.1 Å². The second-order valence-corrected chi connectivity index (χ2v) is 6.28. The van der Waals surface area contributed by atoms with E-state index >= 15 is 0 Å². The summed E-state index contributed by atoms with van der Waals surface area (Å²) in [7, 11) is 1.36. The molecule has 0 spiro atoms. The highest BCUT2D eigenvalue weighted by molar-refractivity contribution is 7.12. The van der Waals surface area contributed by atoms with Crippen LogP contribution < -0.4 is 0 Å². The Hall–Kier alpha value is -2.21. The zero-order chi connectivity index (χ0) is 15.1. The first-order valence-electron chi connectivity index (χ1n) is 6.44. The van der Waals surface area contributed by atoms with Gasteiger partial charge in [-0.2, -0.15) is 0 Å². The number of hydrogen-bond donors (Lipinski definition) is 0. The molecule has 0 bridgehead atoms. The number of carbonyl (C=O) groups is 1. The number of aryl methyl sites for hydroxylation is 3. The van der Waals surface area contributed by atoms with Gasteiger partial charge in [0, 0.05) is 15.3 Å². The van der Waals surface area contributed by atoms with Crippen LogP contribution in [-0.4, -0.2) is 23.2 Å². The zero-order valence-electron chi connectivity index (χ0n) is 12.2. The first-order valence-corrected chi connectivity index (χ1v) is 7.25. The Morgan fingerprint density at radius 1 is 1.29 bits per heavy atom. The summed E-state index contributed by atoms with van der Waals surface area (Å²) in [6, 6.07) is 3.80. The summed E-state index contributed by atoms with van der Waals surface area (Å²) in [6.07, 6.45) is 0. The van der Waals surface area contributed by atoms with Crippen molar-refractivity contribution in [1.29, 1.82) is 0 Å². The average molecular weight is 302 g/mol. The van der Waals surface area contributed by atoms with Gasteiger partial charge in [0.05, 0.1) is 29.4 Å². The molecule has 0 unspecified atom stereocenters. The van der Waals surface area contributed by atoms with Crippen LogP contribution in [0.15, 0.2) is 16.7 Å². The largest absolute Gasteiger partial charge is 0.465 e. The Morgan fingerprint density at radius 3 is 2.67 bits per heavy atom. The second-order valence-electron chi connectivity index (χ2n) is 4.82. The van der Waals surface area contributed by atoms with E-state index in [0.29, 0.717) is 28.1 Å². The van der Waals surface area contributed by atoms with Crippen molar-refractivity contribution in [3.05, 3.63) is 33.1 Å². The molecule has 0 atom stereocenters. The standard InChI is InChI=1S/C15H14N2O3S/c1-7-5-10(9(3)21-7)12-6-11(15(18)19-4)13-8(2)17-20-14(13)16-12/h5-6H,1-4H3. The van der Waals surface area contributed by atoms with Gasteiger partial charge in [0.1, 0.15) is 0 Å². The van der Waals surface area contributed by atoms with E-state index in [1.165, 1.54) is 12.0 Å². The summed E-state index contributed by atoms with van der Waals surface area (Å²) in [4.78, 5) is 18.9. The summed E-state index contributed by atoms with van der Waals surface area (Å²) in [6.45, 7) is 5.85. The van der Waals surface area contributed by atoms with Crippen molar-refractivity contribution in [3.8, 4) is 11.3 Å². The molecule has 0 amide bonds. The molecule has 3 aromatic heterocycles. The van der Waals surface area contributed by atoms with Crippen molar-refractivity contribution >= 4 is 28.4 Å². The summed E-state index contributed by atoms with van der Waals surface area (Å²) in [5.41, 5.74) is 3.11. The SMILES string of the molecule is COC(=O)c1cc(-c2cc(C)sc2C)nc2onc(C)c12. The third-order valence-corrected chi connectivity index (χ3v) is 4.31. The summed E-state index contributed by atoms with van der Waals surface area (Å²) < 4.78 is 10.1. The molecule has 0 aliphatic heterocycles. The van der Waals surface area contributed by atoms with Crippen LogP contribution in [0.4, 0.5) is 0 Å². The van der Waals surface area contributed by atoms with Crippen molar-refractivity contribution in [2.24, 2.45) is 0 Å². The molecule has 0 aromatic carbocycles. The van der Waals surface area contributed by atoms with Crippen molar-refractivity contribution in [3.63, 3.8) is 0 Å². The number of hydrogen-bond acceptors (Lipinski definition) is 6. The van der Waals surface area contributed by atoms with Gasteiger partial charge in [-0.05, 0) is 32.9 Å². The number of ether oxygens (including phenoxy) is 1. The lowest BCUT2D eigenvalue weighted by Crippen LogP contribution is -2.03. The van der Waals surface area contributed by atoms with Gasteiger partial charge in [-0.15, -0.1) is 11.3 Å². The van der Waals surface area contributed by atoms with Gasteiger partial charge in [0.2, 0.25) is 0 Å². The molecule has 3 aromatic rings. The normalized spacial score (nSPS) is 11.0. The molecule has 108 valence electrons. The number of nitrogens with zero attached hydrogens (tertiary/aromatic N) is 2. The van der Waals surface area contributed by atoms with Crippen molar-refractivity contribution < 1.29 is 14.1 Å². The molecule has 21 heavy (non-hydrogen) atoms. The molecule has 0 radical (unpaired) electrons. The number of thiophene rings is 1. The molecule has 0 aliphatic carbocycles. The second kappa shape index (κ2) is 4.96. The van der Waals surface area contributed by atoms with E-state index < -0.39 is 5.97 Å². The lowest BCUT2D eigenvalue weighted by Gasteiger charge is -2.04. The predicted molar refractivity (Wildman–Crippen MR) is 80.7 cm³/mol. The highest BCUT2D eigenvalue weighted by atomic mass is 32.1. The molecule has 0 saturated heterocycles. The van der Waals surface area contributed by atoms with Gasteiger partial charge in [0.15, 0.2) is 0 Å². The van der Waals surface area contributed by atoms with Gasteiger partial charge >= 0.3 is 5.97 Å². The maximum atomic E-state index is 12.0. The van der Waals surface area contributed by atoms with Crippen LogP contribution in [0.2, 0.25) is 0 Å². The minimum Gasteiger partial charge on any atom is -0.465 e. The monoisotopic (exact) mass is 302 g/mol. The van der Waals surface area contributed by atoms with Crippen LogP contribution >= 0.6 is 11.3 Å². The average Bonchev–Trinajstić information content (AvgIpc) is 3.00. The quantitative estimate of drug-likeness (QED) is 0.676. The highest BCUT2D eigenvalue weighted by Crippen LogP contribution is 2.32. The number of pyridine rings is 1.